The van der Waals surface area contributed by atoms with Crippen LogP contribution in [0.4, 0.5) is 0 Å². The molecule has 3 rings (SSSR count). The van der Waals surface area contributed by atoms with Gasteiger partial charge >= 0.3 is 0 Å². The molecule has 1 aromatic rings. The van der Waals surface area contributed by atoms with Crippen LogP contribution in [0, 0.1) is 5.92 Å². The molecule has 1 aliphatic carbocycles. The van der Waals surface area contributed by atoms with Crippen LogP contribution < -0.4 is 10.6 Å². The zero-order valence-corrected chi connectivity index (χ0v) is 21.9. The average molecular weight is 556 g/mol. The summed E-state index contributed by atoms with van der Waals surface area (Å²) in [6, 6.07) is 8.00. The Balaban J connectivity index is 0.00000363. The molecule has 2 fully saturated rings. The van der Waals surface area contributed by atoms with E-state index in [-0.39, 0.29) is 41.8 Å². The molecule has 2 N–H and O–H groups in total. The molecule has 178 valence electrons. The van der Waals surface area contributed by atoms with Crippen molar-refractivity contribution in [2.45, 2.75) is 51.0 Å². The van der Waals surface area contributed by atoms with Gasteiger partial charge in [-0.3, -0.25) is 14.6 Å². The quantitative estimate of drug-likeness (QED) is 0.322. The number of nitrogens with one attached hydrogen (secondary N) is 2. The molecule has 1 saturated carbocycles. The SMILES string of the molecule is CN=C(NCCc1cccc(C(=O)N(C)C)c1)NC1CCN(C(=O)C2CCCCC2)C1.I. The first-order valence-corrected chi connectivity index (χ1v) is 11.5. The molecule has 2 amide bonds. The summed E-state index contributed by atoms with van der Waals surface area (Å²) in [7, 11) is 5.30. The number of likely N-dealkylation sites (tertiary alicyclic amines) is 1. The number of benzene rings is 1. The van der Waals surface area contributed by atoms with Crippen LogP contribution in [0.25, 0.3) is 0 Å². The first-order chi connectivity index (χ1) is 15.0. The lowest BCUT2D eigenvalue weighted by molar-refractivity contribution is -0.135. The highest BCUT2D eigenvalue weighted by atomic mass is 127. The van der Waals surface area contributed by atoms with E-state index in [1.165, 1.54) is 19.3 Å². The van der Waals surface area contributed by atoms with Gasteiger partial charge in [0.05, 0.1) is 0 Å². The number of guanidine groups is 1. The third-order valence-corrected chi connectivity index (χ3v) is 6.31. The Morgan fingerprint density at radius 1 is 1.16 bits per heavy atom. The summed E-state index contributed by atoms with van der Waals surface area (Å²) < 4.78 is 0. The van der Waals surface area contributed by atoms with E-state index < -0.39 is 0 Å². The van der Waals surface area contributed by atoms with Crippen molar-refractivity contribution in [2.24, 2.45) is 10.9 Å². The van der Waals surface area contributed by atoms with Gasteiger partial charge in [0.25, 0.3) is 5.91 Å². The van der Waals surface area contributed by atoms with Crippen molar-refractivity contribution in [3.63, 3.8) is 0 Å². The molecule has 0 radical (unpaired) electrons. The third kappa shape index (κ3) is 7.35. The number of nitrogens with zero attached hydrogens (tertiary/aromatic N) is 3. The minimum absolute atomic E-state index is 0. The molecule has 8 heteroatoms. The fraction of sp³-hybridized carbons (Fsp3) is 0.625. The average Bonchev–Trinajstić information content (AvgIpc) is 3.26. The van der Waals surface area contributed by atoms with Crippen molar-refractivity contribution >= 4 is 41.8 Å². The highest BCUT2D eigenvalue weighted by Crippen LogP contribution is 2.26. The Morgan fingerprint density at radius 2 is 1.91 bits per heavy atom. The zero-order chi connectivity index (χ0) is 22.2. The number of halogens is 1. The van der Waals surface area contributed by atoms with E-state index >= 15 is 0 Å². The number of amides is 2. The number of hydrogen-bond donors (Lipinski definition) is 2. The van der Waals surface area contributed by atoms with E-state index in [4.69, 9.17) is 0 Å². The van der Waals surface area contributed by atoms with Gasteiger partial charge in [-0.05, 0) is 43.4 Å². The van der Waals surface area contributed by atoms with Gasteiger partial charge in [0.15, 0.2) is 5.96 Å². The summed E-state index contributed by atoms with van der Waals surface area (Å²) >= 11 is 0. The highest BCUT2D eigenvalue weighted by Gasteiger charge is 2.31. The number of hydrogen-bond acceptors (Lipinski definition) is 3. The molecule has 1 aromatic carbocycles. The minimum atomic E-state index is 0. The number of rotatable bonds is 6. The van der Waals surface area contributed by atoms with Crippen LogP contribution >= 0.6 is 24.0 Å². The highest BCUT2D eigenvalue weighted by molar-refractivity contribution is 14.0. The van der Waals surface area contributed by atoms with Crippen LogP contribution in [0.15, 0.2) is 29.3 Å². The normalized spacial score (nSPS) is 19.3. The molecule has 1 heterocycles. The Morgan fingerprint density at radius 3 is 2.59 bits per heavy atom. The maximum Gasteiger partial charge on any atom is 0.253 e. The van der Waals surface area contributed by atoms with E-state index in [0.29, 0.717) is 11.5 Å². The maximum absolute atomic E-state index is 12.8. The van der Waals surface area contributed by atoms with E-state index in [2.05, 4.69) is 15.6 Å². The molecule has 0 aromatic heterocycles. The second-order valence-corrected chi connectivity index (χ2v) is 8.90. The van der Waals surface area contributed by atoms with Crippen molar-refractivity contribution in [1.29, 1.82) is 0 Å². The summed E-state index contributed by atoms with van der Waals surface area (Å²) in [5.41, 5.74) is 1.82. The van der Waals surface area contributed by atoms with E-state index in [0.717, 1.165) is 56.8 Å². The molecule has 1 unspecified atom stereocenters. The van der Waals surface area contributed by atoms with Crippen LogP contribution in [-0.2, 0) is 11.2 Å². The molecule has 1 atom stereocenters. The van der Waals surface area contributed by atoms with Gasteiger partial charge in [-0.25, -0.2) is 0 Å². The van der Waals surface area contributed by atoms with Crippen LogP contribution in [-0.4, -0.2) is 74.4 Å². The molecule has 7 nitrogen and oxygen atoms in total. The van der Waals surface area contributed by atoms with Crippen LogP contribution in [0.1, 0.15) is 54.4 Å². The van der Waals surface area contributed by atoms with Crippen molar-refractivity contribution in [1.82, 2.24) is 20.4 Å². The van der Waals surface area contributed by atoms with Gasteiger partial charge in [-0.15, -0.1) is 24.0 Å². The molecule has 0 bridgehead atoms. The fourth-order valence-electron chi connectivity index (χ4n) is 4.52. The number of carbonyl (C=O) groups excluding carboxylic acids is 2. The molecule has 1 aliphatic heterocycles. The van der Waals surface area contributed by atoms with Crippen molar-refractivity contribution in [3.05, 3.63) is 35.4 Å². The van der Waals surface area contributed by atoms with Crippen LogP contribution in [0.2, 0.25) is 0 Å². The predicted molar refractivity (Wildman–Crippen MR) is 140 cm³/mol. The number of aliphatic imine (C=N–C) groups is 1. The topological polar surface area (TPSA) is 77.0 Å². The standard InChI is InChI=1S/C24H37N5O2.HI/c1-25-24(26-14-12-18-8-7-11-20(16-18)22(30)28(2)3)27-21-13-15-29(17-21)23(31)19-9-5-4-6-10-19;/h7-8,11,16,19,21H,4-6,9-10,12-15,17H2,1-3H3,(H2,25,26,27);1H. The summed E-state index contributed by atoms with van der Waals surface area (Å²) in [5, 5.41) is 6.83. The van der Waals surface area contributed by atoms with Crippen molar-refractivity contribution in [3.8, 4) is 0 Å². The first-order valence-electron chi connectivity index (χ1n) is 11.5. The molecule has 2 aliphatic rings. The lowest BCUT2D eigenvalue weighted by Gasteiger charge is -2.26. The number of carbonyl (C=O) groups is 2. The lowest BCUT2D eigenvalue weighted by Crippen LogP contribution is -2.46. The molecular formula is C24H38IN5O2. The fourth-order valence-corrected chi connectivity index (χ4v) is 4.52. The Kier molecular flexibility index (Phi) is 10.7. The molecule has 0 spiro atoms. The van der Waals surface area contributed by atoms with Crippen LogP contribution in [0.3, 0.4) is 0 Å². The smallest absolute Gasteiger partial charge is 0.253 e. The molecule has 32 heavy (non-hydrogen) atoms. The zero-order valence-electron chi connectivity index (χ0n) is 19.6. The van der Waals surface area contributed by atoms with Gasteiger partial charge < -0.3 is 20.4 Å². The summed E-state index contributed by atoms with van der Waals surface area (Å²) in [6.07, 6.45) is 7.51. The molecule has 1 saturated heterocycles. The second kappa shape index (κ2) is 13.0. The van der Waals surface area contributed by atoms with Crippen molar-refractivity contribution in [2.75, 3.05) is 40.8 Å². The predicted octanol–water partition coefficient (Wildman–Crippen LogP) is 2.90. The Bertz CT molecular complexity index is 792. The van der Waals surface area contributed by atoms with Gasteiger partial charge in [-0.1, -0.05) is 31.4 Å². The van der Waals surface area contributed by atoms with Gasteiger partial charge in [0.2, 0.25) is 5.91 Å². The molecular weight excluding hydrogens is 517 g/mol. The van der Waals surface area contributed by atoms with E-state index in [1.54, 1.807) is 26.0 Å². The third-order valence-electron chi connectivity index (χ3n) is 6.31. The largest absolute Gasteiger partial charge is 0.356 e. The van der Waals surface area contributed by atoms with E-state index in [1.807, 2.05) is 29.2 Å². The van der Waals surface area contributed by atoms with Crippen molar-refractivity contribution < 1.29 is 9.59 Å². The van der Waals surface area contributed by atoms with Gasteiger partial charge in [0, 0.05) is 58.3 Å². The van der Waals surface area contributed by atoms with Crippen LogP contribution in [0.5, 0.6) is 0 Å². The maximum atomic E-state index is 12.8. The monoisotopic (exact) mass is 555 g/mol. The Hall–Kier alpha value is -1.84. The van der Waals surface area contributed by atoms with Gasteiger partial charge in [0.1, 0.15) is 0 Å². The first kappa shape index (κ1) is 26.4. The lowest BCUT2D eigenvalue weighted by atomic mass is 9.88. The summed E-state index contributed by atoms with van der Waals surface area (Å²) in [4.78, 5) is 32.9. The Labute approximate surface area is 209 Å². The summed E-state index contributed by atoms with van der Waals surface area (Å²) in [5.74, 6) is 1.36. The summed E-state index contributed by atoms with van der Waals surface area (Å²) in [6.45, 7) is 2.30. The van der Waals surface area contributed by atoms with E-state index in [9.17, 15) is 9.59 Å². The van der Waals surface area contributed by atoms with Gasteiger partial charge in [-0.2, -0.15) is 0 Å². The minimum Gasteiger partial charge on any atom is -0.356 e. The second-order valence-electron chi connectivity index (χ2n) is 8.90.